The molecule has 0 radical (unpaired) electrons. The molecule has 2 aromatic heterocycles. The maximum absolute atomic E-state index is 9.16. The molecule has 16 heavy (non-hydrogen) atoms. The van der Waals surface area contributed by atoms with Crippen LogP contribution in [0.5, 0.6) is 5.88 Å². The van der Waals surface area contributed by atoms with Crippen LogP contribution >= 0.6 is 11.3 Å². The van der Waals surface area contributed by atoms with Crippen LogP contribution < -0.4 is 0 Å². The van der Waals surface area contributed by atoms with Crippen molar-refractivity contribution in [3.05, 3.63) is 23.6 Å². The first-order valence-corrected chi connectivity index (χ1v) is 6.18. The van der Waals surface area contributed by atoms with Crippen LogP contribution in [0.3, 0.4) is 0 Å². The van der Waals surface area contributed by atoms with E-state index in [2.05, 4.69) is 15.0 Å². The minimum absolute atomic E-state index is 0.0584. The quantitative estimate of drug-likeness (QED) is 0.866. The Hall–Kier alpha value is -1.49. The molecular formula is C11H11N3OS. The van der Waals surface area contributed by atoms with Gasteiger partial charge in [-0.05, 0) is 12.8 Å². The number of thiazole rings is 1. The van der Waals surface area contributed by atoms with Crippen molar-refractivity contribution in [2.45, 2.75) is 25.2 Å². The van der Waals surface area contributed by atoms with Crippen LogP contribution in [0.4, 0.5) is 0 Å². The lowest BCUT2D eigenvalue weighted by Gasteiger charge is -2.23. The molecule has 3 rings (SSSR count). The molecule has 1 saturated carbocycles. The van der Waals surface area contributed by atoms with Crippen molar-refractivity contribution in [2.24, 2.45) is 0 Å². The molecule has 0 unspecified atom stereocenters. The van der Waals surface area contributed by atoms with Crippen molar-refractivity contribution in [3.8, 4) is 16.5 Å². The standard InChI is InChI=1S/C11H11N3OS/c15-9-6-16-11(14-9)8-4-12-10(13-5-8)7-2-1-3-7/h4-7,15H,1-3H2. The minimum atomic E-state index is 0.0584. The van der Waals surface area contributed by atoms with Crippen LogP contribution in [0.2, 0.25) is 0 Å². The van der Waals surface area contributed by atoms with Gasteiger partial charge in [-0.25, -0.2) is 15.0 Å². The summed E-state index contributed by atoms with van der Waals surface area (Å²) in [7, 11) is 0. The molecule has 0 spiro atoms. The molecule has 4 nitrogen and oxygen atoms in total. The van der Waals surface area contributed by atoms with Gasteiger partial charge in [0.1, 0.15) is 10.8 Å². The summed E-state index contributed by atoms with van der Waals surface area (Å²) < 4.78 is 0. The molecule has 0 atom stereocenters. The molecule has 0 saturated heterocycles. The Kier molecular flexibility index (Phi) is 2.32. The third-order valence-electron chi connectivity index (χ3n) is 2.88. The molecule has 0 aliphatic heterocycles. The van der Waals surface area contributed by atoms with Gasteiger partial charge in [-0.3, -0.25) is 0 Å². The first-order chi connectivity index (χ1) is 7.83. The zero-order chi connectivity index (χ0) is 11.0. The Morgan fingerprint density at radius 3 is 2.50 bits per heavy atom. The van der Waals surface area contributed by atoms with Crippen molar-refractivity contribution in [1.29, 1.82) is 0 Å². The van der Waals surface area contributed by atoms with E-state index in [-0.39, 0.29) is 5.88 Å². The zero-order valence-corrected chi connectivity index (χ0v) is 9.44. The SMILES string of the molecule is Oc1csc(-c2cnc(C3CCC3)nc2)n1. The lowest BCUT2D eigenvalue weighted by molar-refractivity contribution is 0.401. The maximum atomic E-state index is 9.16. The van der Waals surface area contributed by atoms with Crippen LogP contribution in [0, 0.1) is 0 Å². The fourth-order valence-corrected chi connectivity index (χ4v) is 2.38. The molecule has 1 aliphatic rings. The van der Waals surface area contributed by atoms with E-state index < -0.39 is 0 Å². The van der Waals surface area contributed by atoms with Crippen molar-refractivity contribution in [2.75, 3.05) is 0 Å². The third kappa shape index (κ3) is 1.67. The van der Waals surface area contributed by atoms with Gasteiger partial charge in [0.25, 0.3) is 0 Å². The van der Waals surface area contributed by atoms with Crippen molar-refractivity contribution in [3.63, 3.8) is 0 Å². The minimum Gasteiger partial charge on any atom is -0.493 e. The molecule has 82 valence electrons. The van der Waals surface area contributed by atoms with E-state index in [9.17, 15) is 0 Å². The smallest absolute Gasteiger partial charge is 0.222 e. The van der Waals surface area contributed by atoms with E-state index in [0.29, 0.717) is 5.92 Å². The molecule has 2 heterocycles. The summed E-state index contributed by atoms with van der Waals surface area (Å²) in [4.78, 5) is 12.7. The number of aromatic nitrogens is 3. The fraction of sp³-hybridized carbons (Fsp3) is 0.364. The highest BCUT2D eigenvalue weighted by Gasteiger charge is 2.21. The summed E-state index contributed by atoms with van der Waals surface area (Å²) in [5.41, 5.74) is 0.869. The lowest BCUT2D eigenvalue weighted by Crippen LogP contribution is -2.12. The number of nitrogens with zero attached hydrogens (tertiary/aromatic N) is 3. The second-order valence-electron chi connectivity index (χ2n) is 3.97. The topological polar surface area (TPSA) is 58.9 Å². The molecule has 1 aliphatic carbocycles. The Morgan fingerprint density at radius 2 is 2.00 bits per heavy atom. The largest absolute Gasteiger partial charge is 0.493 e. The normalized spacial score (nSPS) is 16.0. The van der Waals surface area contributed by atoms with E-state index in [1.54, 1.807) is 17.8 Å². The van der Waals surface area contributed by atoms with Gasteiger partial charge >= 0.3 is 0 Å². The van der Waals surface area contributed by atoms with E-state index in [0.717, 1.165) is 16.4 Å². The second-order valence-corrected chi connectivity index (χ2v) is 4.83. The summed E-state index contributed by atoms with van der Waals surface area (Å²) in [6, 6.07) is 0. The highest BCUT2D eigenvalue weighted by Crippen LogP contribution is 2.34. The van der Waals surface area contributed by atoms with Gasteiger partial charge in [0.2, 0.25) is 5.88 Å². The van der Waals surface area contributed by atoms with E-state index in [1.165, 1.54) is 30.6 Å². The van der Waals surface area contributed by atoms with Crippen molar-refractivity contribution < 1.29 is 5.11 Å². The number of hydrogen-bond donors (Lipinski definition) is 1. The summed E-state index contributed by atoms with van der Waals surface area (Å²) in [6.07, 6.45) is 7.28. The first kappa shape index (κ1) is 9.72. The summed E-state index contributed by atoms with van der Waals surface area (Å²) in [5, 5.41) is 11.5. The number of aromatic hydroxyl groups is 1. The number of rotatable bonds is 2. The lowest BCUT2D eigenvalue weighted by atomic mass is 9.85. The summed E-state index contributed by atoms with van der Waals surface area (Å²) in [6.45, 7) is 0. The summed E-state index contributed by atoms with van der Waals surface area (Å²) in [5.74, 6) is 1.55. The van der Waals surface area contributed by atoms with Gasteiger partial charge < -0.3 is 5.11 Å². The Labute approximate surface area is 97.0 Å². The van der Waals surface area contributed by atoms with Gasteiger partial charge in [-0.1, -0.05) is 6.42 Å². The van der Waals surface area contributed by atoms with Crippen LogP contribution in [-0.4, -0.2) is 20.1 Å². The predicted molar refractivity (Wildman–Crippen MR) is 61.4 cm³/mol. The second kappa shape index (κ2) is 3.83. The zero-order valence-electron chi connectivity index (χ0n) is 8.63. The van der Waals surface area contributed by atoms with Crippen LogP contribution in [0.25, 0.3) is 10.6 Å². The molecule has 1 fully saturated rings. The van der Waals surface area contributed by atoms with E-state index in [1.807, 2.05) is 0 Å². The Bertz CT molecular complexity index is 490. The highest BCUT2D eigenvalue weighted by molar-refractivity contribution is 7.13. The fourth-order valence-electron chi connectivity index (χ4n) is 1.72. The van der Waals surface area contributed by atoms with Crippen molar-refractivity contribution in [1.82, 2.24) is 15.0 Å². The highest BCUT2D eigenvalue weighted by atomic mass is 32.1. The van der Waals surface area contributed by atoms with Crippen LogP contribution in [-0.2, 0) is 0 Å². The molecule has 5 heteroatoms. The van der Waals surface area contributed by atoms with Gasteiger partial charge in [0.05, 0.1) is 5.38 Å². The third-order valence-corrected chi connectivity index (χ3v) is 3.76. The Balaban J connectivity index is 1.86. The van der Waals surface area contributed by atoms with Gasteiger partial charge in [0.15, 0.2) is 0 Å². The van der Waals surface area contributed by atoms with E-state index >= 15 is 0 Å². The molecule has 0 aromatic carbocycles. The average molecular weight is 233 g/mol. The van der Waals surface area contributed by atoms with Gasteiger partial charge in [0, 0.05) is 23.9 Å². The van der Waals surface area contributed by atoms with E-state index in [4.69, 9.17) is 5.11 Å². The van der Waals surface area contributed by atoms with Crippen LogP contribution in [0.1, 0.15) is 31.0 Å². The Morgan fingerprint density at radius 1 is 1.25 bits per heavy atom. The molecule has 0 bridgehead atoms. The number of hydrogen-bond acceptors (Lipinski definition) is 5. The predicted octanol–water partition coefficient (Wildman–Crippen LogP) is 2.57. The van der Waals surface area contributed by atoms with Gasteiger partial charge in [-0.2, -0.15) is 0 Å². The summed E-state index contributed by atoms with van der Waals surface area (Å²) >= 11 is 1.40. The first-order valence-electron chi connectivity index (χ1n) is 5.30. The van der Waals surface area contributed by atoms with Crippen molar-refractivity contribution >= 4 is 11.3 Å². The molecule has 2 aromatic rings. The molecule has 1 N–H and O–H groups in total. The average Bonchev–Trinajstić information content (AvgIpc) is 2.63. The van der Waals surface area contributed by atoms with Gasteiger partial charge in [-0.15, -0.1) is 11.3 Å². The molecule has 0 amide bonds. The maximum Gasteiger partial charge on any atom is 0.222 e. The molecular weight excluding hydrogens is 222 g/mol. The van der Waals surface area contributed by atoms with Crippen LogP contribution in [0.15, 0.2) is 17.8 Å². The monoisotopic (exact) mass is 233 g/mol.